The molecule has 1 aromatic heterocycles. The zero-order valence-electron chi connectivity index (χ0n) is 11.4. The summed E-state index contributed by atoms with van der Waals surface area (Å²) in [7, 11) is 1.81. The average molecular weight is 250 g/mol. The third-order valence-electron chi connectivity index (χ3n) is 4.33. The van der Waals surface area contributed by atoms with Gasteiger partial charge in [0.05, 0.1) is 13.6 Å². The van der Waals surface area contributed by atoms with Gasteiger partial charge in [-0.05, 0) is 37.8 Å². The summed E-state index contributed by atoms with van der Waals surface area (Å²) in [5, 5.41) is 16.0. The lowest BCUT2D eigenvalue weighted by Crippen LogP contribution is -2.62. The second-order valence-electron chi connectivity index (χ2n) is 6.02. The lowest BCUT2D eigenvalue weighted by molar-refractivity contribution is 0.0747. The van der Waals surface area contributed by atoms with E-state index in [0.29, 0.717) is 6.04 Å². The molecule has 2 fully saturated rings. The average Bonchev–Trinajstić information content (AvgIpc) is 3.10. The smallest absolute Gasteiger partial charge is 0.188 e. The summed E-state index contributed by atoms with van der Waals surface area (Å²) in [5.41, 5.74) is 0.273. The minimum Gasteiger partial charge on any atom is -0.308 e. The Morgan fingerprint density at radius 3 is 2.83 bits per heavy atom. The number of hydrogen-bond acceptors (Lipinski definition) is 5. The molecular formula is C12H22N6. The summed E-state index contributed by atoms with van der Waals surface area (Å²) >= 11 is 0. The van der Waals surface area contributed by atoms with Crippen molar-refractivity contribution in [2.24, 2.45) is 13.0 Å². The van der Waals surface area contributed by atoms with Gasteiger partial charge in [-0.25, -0.2) is 0 Å². The van der Waals surface area contributed by atoms with Gasteiger partial charge in [0.25, 0.3) is 0 Å². The molecule has 0 aromatic carbocycles. The predicted octanol–water partition coefficient (Wildman–Crippen LogP) is 0.173. The fraction of sp³-hybridized carbons (Fsp3) is 0.917. The number of nitrogens with one attached hydrogen (secondary N) is 1. The molecule has 1 aromatic rings. The lowest BCUT2D eigenvalue weighted by Gasteiger charge is -2.45. The molecule has 0 bridgehead atoms. The van der Waals surface area contributed by atoms with E-state index in [-0.39, 0.29) is 5.54 Å². The lowest BCUT2D eigenvalue weighted by atomic mass is 9.91. The Hall–Kier alpha value is -1.01. The molecule has 1 saturated heterocycles. The van der Waals surface area contributed by atoms with Crippen LogP contribution in [0.1, 0.15) is 32.5 Å². The van der Waals surface area contributed by atoms with Gasteiger partial charge in [-0.1, -0.05) is 0 Å². The molecule has 0 amide bonds. The monoisotopic (exact) mass is 250 g/mol. The maximum atomic E-state index is 4.28. The molecule has 6 heteroatoms. The van der Waals surface area contributed by atoms with Crippen molar-refractivity contribution in [3.63, 3.8) is 0 Å². The molecule has 2 unspecified atom stereocenters. The Labute approximate surface area is 108 Å². The van der Waals surface area contributed by atoms with Gasteiger partial charge in [0, 0.05) is 24.7 Å². The molecule has 1 N–H and O–H groups in total. The Morgan fingerprint density at radius 2 is 2.22 bits per heavy atom. The summed E-state index contributed by atoms with van der Waals surface area (Å²) in [6.07, 6.45) is 2.74. The van der Waals surface area contributed by atoms with Crippen LogP contribution >= 0.6 is 0 Å². The van der Waals surface area contributed by atoms with E-state index >= 15 is 0 Å². The van der Waals surface area contributed by atoms with E-state index in [4.69, 9.17) is 0 Å². The standard InChI is InChI=1S/C12H22N6/c1-9-6-13-12(2,10-4-5-10)8-18(9)7-11-14-16-17(3)15-11/h9-10,13H,4-8H2,1-3H3. The van der Waals surface area contributed by atoms with Gasteiger partial charge >= 0.3 is 0 Å². The van der Waals surface area contributed by atoms with Crippen LogP contribution in [0.2, 0.25) is 0 Å². The highest BCUT2D eigenvalue weighted by Crippen LogP contribution is 2.41. The number of hydrogen-bond donors (Lipinski definition) is 1. The molecule has 2 atom stereocenters. The Morgan fingerprint density at radius 1 is 1.44 bits per heavy atom. The van der Waals surface area contributed by atoms with Crippen molar-refractivity contribution in [1.82, 2.24) is 30.4 Å². The first kappa shape index (κ1) is 12.0. The van der Waals surface area contributed by atoms with Gasteiger partial charge in [-0.15, -0.1) is 10.2 Å². The van der Waals surface area contributed by atoms with Gasteiger partial charge in [-0.2, -0.15) is 4.80 Å². The summed E-state index contributed by atoms with van der Waals surface area (Å²) in [6, 6.07) is 0.528. The largest absolute Gasteiger partial charge is 0.308 e. The van der Waals surface area contributed by atoms with E-state index in [1.54, 1.807) is 0 Å². The molecule has 2 heterocycles. The van der Waals surface area contributed by atoms with Crippen molar-refractivity contribution >= 4 is 0 Å². The van der Waals surface area contributed by atoms with Crippen molar-refractivity contribution in [3.05, 3.63) is 5.82 Å². The highest BCUT2D eigenvalue weighted by molar-refractivity contribution is 5.04. The fourth-order valence-electron chi connectivity index (χ4n) is 2.92. The van der Waals surface area contributed by atoms with Crippen LogP contribution < -0.4 is 5.32 Å². The molecule has 100 valence electrons. The second-order valence-corrected chi connectivity index (χ2v) is 6.02. The fourth-order valence-corrected chi connectivity index (χ4v) is 2.92. The van der Waals surface area contributed by atoms with E-state index in [2.05, 4.69) is 39.5 Å². The van der Waals surface area contributed by atoms with Gasteiger partial charge < -0.3 is 5.32 Å². The first-order valence-corrected chi connectivity index (χ1v) is 6.79. The summed E-state index contributed by atoms with van der Waals surface area (Å²) in [5.74, 6) is 1.67. The van der Waals surface area contributed by atoms with E-state index in [9.17, 15) is 0 Å². The van der Waals surface area contributed by atoms with Crippen LogP contribution in [-0.2, 0) is 13.6 Å². The predicted molar refractivity (Wildman–Crippen MR) is 67.8 cm³/mol. The van der Waals surface area contributed by atoms with Gasteiger partial charge in [0.1, 0.15) is 0 Å². The van der Waals surface area contributed by atoms with Crippen LogP contribution in [0.25, 0.3) is 0 Å². The molecule has 1 saturated carbocycles. The topological polar surface area (TPSA) is 58.9 Å². The molecule has 3 rings (SSSR count). The summed E-state index contributed by atoms with van der Waals surface area (Å²) in [4.78, 5) is 4.01. The number of aromatic nitrogens is 4. The van der Waals surface area contributed by atoms with Crippen molar-refractivity contribution in [2.75, 3.05) is 13.1 Å². The number of aryl methyl sites for hydroxylation is 1. The van der Waals surface area contributed by atoms with E-state index in [1.807, 2.05) is 7.05 Å². The molecule has 2 aliphatic rings. The summed E-state index contributed by atoms with van der Waals surface area (Å²) in [6.45, 7) is 7.55. The van der Waals surface area contributed by atoms with Crippen LogP contribution in [0.3, 0.4) is 0 Å². The molecular weight excluding hydrogens is 228 g/mol. The first-order valence-electron chi connectivity index (χ1n) is 6.79. The third-order valence-corrected chi connectivity index (χ3v) is 4.33. The van der Waals surface area contributed by atoms with Crippen molar-refractivity contribution < 1.29 is 0 Å². The maximum absolute atomic E-state index is 4.28. The Kier molecular flexibility index (Phi) is 2.86. The Bertz CT molecular complexity index is 426. The van der Waals surface area contributed by atoms with Crippen LogP contribution in [-0.4, -0.2) is 49.8 Å². The van der Waals surface area contributed by atoms with Crippen LogP contribution in [0.5, 0.6) is 0 Å². The third kappa shape index (κ3) is 2.27. The van der Waals surface area contributed by atoms with Gasteiger partial charge in [0.2, 0.25) is 0 Å². The van der Waals surface area contributed by atoms with Crippen molar-refractivity contribution in [2.45, 2.75) is 44.8 Å². The minimum absolute atomic E-state index is 0.273. The van der Waals surface area contributed by atoms with Crippen molar-refractivity contribution in [1.29, 1.82) is 0 Å². The highest BCUT2D eigenvalue weighted by Gasteiger charge is 2.45. The van der Waals surface area contributed by atoms with E-state index in [0.717, 1.165) is 31.4 Å². The number of piperazine rings is 1. The van der Waals surface area contributed by atoms with Gasteiger partial charge in [-0.3, -0.25) is 4.90 Å². The van der Waals surface area contributed by atoms with E-state index < -0.39 is 0 Å². The molecule has 1 aliphatic carbocycles. The van der Waals surface area contributed by atoms with Crippen LogP contribution in [0.4, 0.5) is 0 Å². The first-order chi connectivity index (χ1) is 8.57. The minimum atomic E-state index is 0.273. The summed E-state index contributed by atoms with van der Waals surface area (Å²) < 4.78 is 0. The number of tetrazole rings is 1. The van der Waals surface area contributed by atoms with Crippen molar-refractivity contribution in [3.8, 4) is 0 Å². The molecule has 0 radical (unpaired) electrons. The SMILES string of the molecule is CC1CNC(C)(C2CC2)CN1Cc1nnn(C)n1. The molecule has 18 heavy (non-hydrogen) atoms. The van der Waals surface area contributed by atoms with Crippen LogP contribution in [0.15, 0.2) is 0 Å². The normalized spacial score (nSPS) is 33.8. The van der Waals surface area contributed by atoms with Crippen LogP contribution in [0, 0.1) is 5.92 Å². The molecule has 0 spiro atoms. The van der Waals surface area contributed by atoms with E-state index in [1.165, 1.54) is 17.6 Å². The maximum Gasteiger partial charge on any atom is 0.188 e. The number of rotatable bonds is 3. The molecule has 6 nitrogen and oxygen atoms in total. The second kappa shape index (κ2) is 4.28. The zero-order valence-corrected chi connectivity index (χ0v) is 11.4. The quantitative estimate of drug-likeness (QED) is 0.829. The number of nitrogens with zero attached hydrogens (tertiary/aromatic N) is 5. The zero-order chi connectivity index (χ0) is 12.8. The highest BCUT2D eigenvalue weighted by atomic mass is 15.6. The van der Waals surface area contributed by atoms with Gasteiger partial charge in [0.15, 0.2) is 5.82 Å². The molecule has 1 aliphatic heterocycles. The Balaban J connectivity index is 1.69.